The van der Waals surface area contributed by atoms with Crippen molar-refractivity contribution in [2.75, 3.05) is 20.8 Å². The number of aliphatic hydroxyl groups is 1. The van der Waals surface area contributed by atoms with Crippen molar-refractivity contribution in [3.63, 3.8) is 0 Å². The van der Waals surface area contributed by atoms with Gasteiger partial charge in [0.15, 0.2) is 17.6 Å². The standard InChI is InChI=1S/C18H20O5.2CH4/c1-12-8-9-13(10-16(12)22-3)18(20)17(11-19)23-15-7-5-4-6-14(15)21-2;;/h4-10,17,19H,11H2,1-3H3;2*1H4. The number of aliphatic hydroxyl groups excluding tert-OH is 1. The van der Waals surface area contributed by atoms with Crippen molar-refractivity contribution in [1.29, 1.82) is 0 Å². The second-order valence-corrected chi connectivity index (χ2v) is 4.99. The Bertz CT molecular complexity index is 682. The number of ether oxygens (including phenoxy) is 3. The minimum Gasteiger partial charge on any atom is -0.496 e. The molecule has 0 spiro atoms. The fourth-order valence-corrected chi connectivity index (χ4v) is 2.20. The van der Waals surface area contributed by atoms with Gasteiger partial charge in [0.05, 0.1) is 20.8 Å². The van der Waals surface area contributed by atoms with E-state index in [2.05, 4.69) is 0 Å². The van der Waals surface area contributed by atoms with E-state index in [9.17, 15) is 9.90 Å². The number of methoxy groups -OCH3 is 2. The lowest BCUT2D eigenvalue weighted by Gasteiger charge is -2.18. The third-order valence-electron chi connectivity index (χ3n) is 3.49. The Balaban J connectivity index is 0.00000288. The molecule has 0 heterocycles. The number of hydrogen-bond donors (Lipinski definition) is 1. The summed E-state index contributed by atoms with van der Waals surface area (Å²) in [6.07, 6.45) is -1.02. The third-order valence-corrected chi connectivity index (χ3v) is 3.49. The van der Waals surface area contributed by atoms with Crippen LogP contribution in [0.5, 0.6) is 17.2 Å². The second-order valence-electron chi connectivity index (χ2n) is 4.99. The Labute approximate surface area is 150 Å². The zero-order valence-corrected chi connectivity index (χ0v) is 13.4. The van der Waals surface area contributed by atoms with E-state index < -0.39 is 12.7 Å². The van der Waals surface area contributed by atoms with Gasteiger partial charge in [-0.2, -0.15) is 0 Å². The molecular formula is C20H28O5. The topological polar surface area (TPSA) is 65.0 Å². The van der Waals surface area contributed by atoms with Gasteiger partial charge in [0.25, 0.3) is 0 Å². The second kappa shape index (κ2) is 10.4. The average molecular weight is 348 g/mol. The molecule has 0 bridgehead atoms. The molecule has 0 aliphatic carbocycles. The Morgan fingerprint density at radius 1 is 1.00 bits per heavy atom. The van der Waals surface area contributed by atoms with E-state index in [0.717, 1.165) is 5.56 Å². The van der Waals surface area contributed by atoms with Gasteiger partial charge in [0.2, 0.25) is 5.78 Å². The molecule has 0 aromatic heterocycles. The van der Waals surface area contributed by atoms with Gasteiger partial charge in [-0.1, -0.05) is 39.1 Å². The normalized spacial score (nSPS) is 10.7. The first-order valence-electron chi connectivity index (χ1n) is 7.20. The molecule has 2 aromatic rings. The number of rotatable bonds is 7. The number of benzene rings is 2. The number of ketones is 1. The average Bonchev–Trinajstić information content (AvgIpc) is 2.59. The molecule has 0 saturated carbocycles. The van der Waals surface area contributed by atoms with Crippen LogP contribution in [0, 0.1) is 6.92 Å². The Hall–Kier alpha value is -2.53. The molecule has 1 unspecified atom stereocenters. The highest BCUT2D eigenvalue weighted by atomic mass is 16.5. The highest BCUT2D eigenvalue weighted by Gasteiger charge is 2.23. The van der Waals surface area contributed by atoms with Gasteiger partial charge in [0, 0.05) is 5.56 Å². The van der Waals surface area contributed by atoms with E-state index in [-0.39, 0.29) is 20.6 Å². The van der Waals surface area contributed by atoms with Crippen molar-refractivity contribution < 1.29 is 24.1 Å². The summed E-state index contributed by atoms with van der Waals surface area (Å²) in [5, 5.41) is 9.55. The van der Waals surface area contributed by atoms with E-state index in [0.29, 0.717) is 22.8 Å². The Morgan fingerprint density at radius 2 is 1.60 bits per heavy atom. The summed E-state index contributed by atoms with van der Waals surface area (Å²) >= 11 is 0. The van der Waals surface area contributed by atoms with Crippen LogP contribution in [-0.2, 0) is 0 Å². The van der Waals surface area contributed by atoms with Crippen LogP contribution < -0.4 is 14.2 Å². The lowest BCUT2D eigenvalue weighted by atomic mass is 10.0. The molecule has 1 atom stereocenters. The maximum Gasteiger partial charge on any atom is 0.205 e. The van der Waals surface area contributed by atoms with Gasteiger partial charge in [-0.15, -0.1) is 0 Å². The first kappa shape index (κ1) is 22.5. The van der Waals surface area contributed by atoms with Gasteiger partial charge in [0.1, 0.15) is 5.75 Å². The van der Waals surface area contributed by atoms with Crippen LogP contribution in [0.15, 0.2) is 42.5 Å². The van der Waals surface area contributed by atoms with E-state index >= 15 is 0 Å². The predicted octanol–water partition coefficient (Wildman–Crippen LogP) is 3.91. The summed E-state index contributed by atoms with van der Waals surface area (Å²) in [5.41, 5.74) is 1.34. The van der Waals surface area contributed by atoms with E-state index in [1.807, 2.05) is 6.92 Å². The minimum absolute atomic E-state index is 0. The maximum absolute atomic E-state index is 12.6. The van der Waals surface area contributed by atoms with E-state index in [4.69, 9.17) is 14.2 Å². The third kappa shape index (κ3) is 5.22. The number of aryl methyl sites for hydroxylation is 1. The lowest BCUT2D eigenvalue weighted by molar-refractivity contribution is 0.0651. The monoisotopic (exact) mass is 348 g/mol. The number of Topliss-reactive ketones (excluding diaryl/α,β-unsaturated/α-hetero) is 1. The van der Waals surface area contributed by atoms with Crippen LogP contribution >= 0.6 is 0 Å². The predicted molar refractivity (Wildman–Crippen MR) is 100 cm³/mol. The number of para-hydroxylation sites is 2. The molecule has 2 rings (SSSR count). The van der Waals surface area contributed by atoms with Crippen LogP contribution in [0.4, 0.5) is 0 Å². The van der Waals surface area contributed by atoms with Crippen molar-refractivity contribution in [2.45, 2.75) is 27.9 Å². The van der Waals surface area contributed by atoms with E-state index in [1.54, 1.807) is 49.6 Å². The Morgan fingerprint density at radius 3 is 2.16 bits per heavy atom. The zero-order chi connectivity index (χ0) is 16.8. The molecule has 1 N–H and O–H groups in total. The first-order valence-corrected chi connectivity index (χ1v) is 7.20. The fourth-order valence-electron chi connectivity index (χ4n) is 2.20. The van der Waals surface area contributed by atoms with Crippen molar-refractivity contribution in [3.05, 3.63) is 53.6 Å². The molecular weight excluding hydrogens is 320 g/mol. The first-order chi connectivity index (χ1) is 11.1. The van der Waals surface area contributed by atoms with Crippen LogP contribution in [-0.4, -0.2) is 37.8 Å². The van der Waals surface area contributed by atoms with Gasteiger partial charge in [-0.3, -0.25) is 4.79 Å². The van der Waals surface area contributed by atoms with Crippen LogP contribution in [0.1, 0.15) is 30.8 Å². The fraction of sp³-hybridized carbons (Fsp3) is 0.350. The molecule has 5 heteroatoms. The van der Waals surface area contributed by atoms with Gasteiger partial charge < -0.3 is 19.3 Å². The molecule has 0 saturated heterocycles. The van der Waals surface area contributed by atoms with Crippen molar-refractivity contribution in [2.24, 2.45) is 0 Å². The number of carbonyl (C=O) groups is 1. The van der Waals surface area contributed by atoms with Gasteiger partial charge in [-0.05, 0) is 30.7 Å². The largest absolute Gasteiger partial charge is 0.496 e. The summed E-state index contributed by atoms with van der Waals surface area (Å²) in [5.74, 6) is 1.20. The van der Waals surface area contributed by atoms with Gasteiger partial charge >= 0.3 is 0 Å². The van der Waals surface area contributed by atoms with Crippen LogP contribution in [0.3, 0.4) is 0 Å². The minimum atomic E-state index is -1.02. The smallest absolute Gasteiger partial charge is 0.205 e. The quantitative estimate of drug-likeness (QED) is 0.769. The van der Waals surface area contributed by atoms with Crippen molar-refractivity contribution in [3.8, 4) is 17.2 Å². The summed E-state index contributed by atoms with van der Waals surface area (Å²) < 4.78 is 16.1. The molecule has 0 aliphatic heterocycles. The molecule has 0 radical (unpaired) electrons. The molecule has 138 valence electrons. The molecule has 0 aliphatic rings. The molecule has 5 nitrogen and oxygen atoms in total. The highest BCUT2D eigenvalue weighted by Crippen LogP contribution is 2.28. The van der Waals surface area contributed by atoms with Gasteiger partial charge in [-0.25, -0.2) is 0 Å². The molecule has 25 heavy (non-hydrogen) atoms. The molecule has 0 amide bonds. The van der Waals surface area contributed by atoms with Crippen LogP contribution in [0.2, 0.25) is 0 Å². The lowest BCUT2D eigenvalue weighted by Crippen LogP contribution is -2.31. The SMILES string of the molecule is C.C.COc1cc(C(=O)C(CO)Oc2ccccc2OC)ccc1C. The zero-order valence-electron chi connectivity index (χ0n) is 13.4. The summed E-state index contributed by atoms with van der Waals surface area (Å²) in [4.78, 5) is 12.6. The number of hydrogen-bond acceptors (Lipinski definition) is 5. The molecule has 0 fully saturated rings. The Kier molecular flexibility index (Phi) is 9.31. The summed E-state index contributed by atoms with van der Waals surface area (Å²) in [6, 6.07) is 12.1. The van der Waals surface area contributed by atoms with Crippen LogP contribution in [0.25, 0.3) is 0 Å². The number of carbonyl (C=O) groups excluding carboxylic acids is 1. The van der Waals surface area contributed by atoms with E-state index in [1.165, 1.54) is 7.11 Å². The highest BCUT2D eigenvalue weighted by molar-refractivity contribution is 6.00. The van der Waals surface area contributed by atoms with Crippen molar-refractivity contribution >= 4 is 5.78 Å². The summed E-state index contributed by atoms with van der Waals surface area (Å²) in [6.45, 7) is 1.45. The van der Waals surface area contributed by atoms with Crippen molar-refractivity contribution in [1.82, 2.24) is 0 Å². The molecule has 2 aromatic carbocycles. The summed E-state index contributed by atoms with van der Waals surface area (Å²) in [7, 11) is 3.06. The maximum atomic E-state index is 12.6.